The molecule has 15 heavy (non-hydrogen) atoms. The van der Waals surface area contributed by atoms with Crippen LogP contribution in [0.1, 0.15) is 29.1 Å². The molecule has 1 rings (SSSR count). The number of hydrogen-bond donors (Lipinski definition) is 2. The standard InChI is InChI=1S/C8H14N4O3/c1-5(3-13)12-6(4-15-2)7(8(9)14)10-11-12/h5,13H,3-4H2,1-2H3,(H2,9,14). The number of aromatic nitrogens is 3. The van der Waals surface area contributed by atoms with Gasteiger partial charge in [0, 0.05) is 7.11 Å². The van der Waals surface area contributed by atoms with Gasteiger partial charge in [0.25, 0.3) is 5.91 Å². The minimum absolute atomic E-state index is 0.0807. The molecule has 1 aromatic rings. The molecule has 7 heteroatoms. The molecule has 84 valence electrons. The molecular weight excluding hydrogens is 200 g/mol. The first-order valence-corrected chi connectivity index (χ1v) is 4.45. The number of primary amides is 1. The summed E-state index contributed by atoms with van der Waals surface area (Å²) in [7, 11) is 1.49. The van der Waals surface area contributed by atoms with E-state index in [1.807, 2.05) is 0 Å². The SMILES string of the molecule is COCc1c(C(N)=O)nnn1C(C)CO. The van der Waals surface area contributed by atoms with Crippen LogP contribution in [0.4, 0.5) is 0 Å². The molecular formula is C8H14N4O3. The Kier molecular flexibility index (Phi) is 3.75. The highest BCUT2D eigenvalue weighted by atomic mass is 16.5. The van der Waals surface area contributed by atoms with E-state index in [-0.39, 0.29) is 24.9 Å². The third-order valence-corrected chi connectivity index (χ3v) is 1.99. The van der Waals surface area contributed by atoms with Crippen LogP contribution in [-0.4, -0.2) is 39.7 Å². The van der Waals surface area contributed by atoms with Crippen LogP contribution in [0.15, 0.2) is 0 Å². The summed E-state index contributed by atoms with van der Waals surface area (Å²) in [6.45, 7) is 1.83. The molecule has 1 aromatic heterocycles. The topological polar surface area (TPSA) is 103 Å². The molecule has 0 aliphatic carbocycles. The normalized spacial score (nSPS) is 12.7. The number of carbonyl (C=O) groups excluding carboxylic acids is 1. The average molecular weight is 214 g/mol. The van der Waals surface area contributed by atoms with E-state index in [1.165, 1.54) is 11.8 Å². The number of rotatable bonds is 5. The quantitative estimate of drug-likeness (QED) is 0.659. The van der Waals surface area contributed by atoms with Gasteiger partial charge in [-0.2, -0.15) is 0 Å². The third kappa shape index (κ3) is 2.31. The zero-order chi connectivity index (χ0) is 11.4. The molecule has 0 saturated heterocycles. The summed E-state index contributed by atoms with van der Waals surface area (Å²) in [5.74, 6) is -0.654. The monoisotopic (exact) mass is 214 g/mol. The summed E-state index contributed by atoms with van der Waals surface area (Å²) in [5, 5.41) is 16.4. The summed E-state index contributed by atoms with van der Waals surface area (Å²) in [6, 6.07) is -0.268. The molecule has 1 heterocycles. The lowest BCUT2D eigenvalue weighted by Gasteiger charge is -2.11. The number of aliphatic hydroxyl groups is 1. The first-order chi connectivity index (χ1) is 7.11. The van der Waals surface area contributed by atoms with E-state index < -0.39 is 5.91 Å². The summed E-state index contributed by atoms with van der Waals surface area (Å²) < 4.78 is 6.36. The minimum atomic E-state index is -0.654. The second kappa shape index (κ2) is 4.85. The van der Waals surface area contributed by atoms with Gasteiger partial charge >= 0.3 is 0 Å². The Morgan fingerprint density at radius 3 is 2.87 bits per heavy atom. The van der Waals surface area contributed by atoms with Crippen molar-refractivity contribution in [3.63, 3.8) is 0 Å². The molecule has 1 unspecified atom stereocenters. The number of nitrogens with two attached hydrogens (primary N) is 1. The molecule has 0 spiro atoms. The van der Waals surface area contributed by atoms with Crippen LogP contribution in [-0.2, 0) is 11.3 Å². The largest absolute Gasteiger partial charge is 0.394 e. The van der Waals surface area contributed by atoms with Crippen LogP contribution in [0.2, 0.25) is 0 Å². The minimum Gasteiger partial charge on any atom is -0.394 e. The first-order valence-electron chi connectivity index (χ1n) is 4.45. The van der Waals surface area contributed by atoms with E-state index >= 15 is 0 Å². The molecule has 0 aliphatic rings. The maximum atomic E-state index is 11.0. The van der Waals surface area contributed by atoms with Crippen molar-refractivity contribution in [2.24, 2.45) is 5.73 Å². The van der Waals surface area contributed by atoms with Crippen molar-refractivity contribution >= 4 is 5.91 Å². The number of amides is 1. The molecule has 1 atom stereocenters. The van der Waals surface area contributed by atoms with Crippen molar-refractivity contribution in [2.75, 3.05) is 13.7 Å². The lowest BCUT2D eigenvalue weighted by Crippen LogP contribution is -2.18. The van der Waals surface area contributed by atoms with Crippen LogP contribution in [0.3, 0.4) is 0 Å². The van der Waals surface area contributed by atoms with Crippen LogP contribution < -0.4 is 5.73 Å². The van der Waals surface area contributed by atoms with Gasteiger partial charge in [0.05, 0.1) is 24.9 Å². The van der Waals surface area contributed by atoms with Crippen molar-refractivity contribution in [3.8, 4) is 0 Å². The Hall–Kier alpha value is -1.47. The fraction of sp³-hybridized carbons (Fsp3) is 0.625. The highest BCUT2D eigenvalue weighted by molar-refractivity contribution is 5.91. The third-order valence-electron chi connectivity index (χ3n) is 1.99. The molecule has 0 radical (unpaired) electrons. The molecule has 0 saturated carbocycles. The Balaban J connectivity index is 3.11. The number of ether oxygens (including phenoxy) is 1. The lowest BCUT2D eigenvalue weighted by molar-refractivity contribution is 0.0989. The molecule has 0 bridgehead atoms. The van der Waals surface area contributed by atoms with Gasteiger partial charge in [0.15, 0.2) is 5.69 Å². The van der Waals surface area contributed by atoms with Crippen molar-refractivity contribution in [1.82, 2.24) is 15.0 Å². The van der Waals surface area contributed by atoms with E-state index in [0.717, 1.165) is 0 Å². The summed E-state index contributed by atoms with van der Waals surface area (Å²) >= 11 is 0. The van der Waals surface area contributed by atoms with Crippen LogP contribution in [0.5, 0.6) is 0 Å². The molecule has 0 aliphatic heterocycles. The van der Waals surface area contributed by atoms with Crippen molar-refractivity contribution in [2.45, 2.75) is 19.6 Å². The maximum Gasteiger partial charge on any atom is 0.271 e. The summed E-state index contributed by atoms with van der Waals surface area (Å²) in [6.07, 6.45) is 0. The van der Waals surface area contributed by atoms with E-state index in [0.29, 0.717) is 5.69 Å². The van der Waals surface area contributed by atoms with Crippen molar-refractivity contribution in [1.29, 1.82) is 0 Å². The zero-order valence-corrected chi connectivity index (χ0v) is 8.67. The maximum absolute atomic E-state index is 11.0. The van der Waals surface area contributed by atoms with Crippen molar-refractivity contribution in [3.05, 3.63) is 11.4 Å². The second-order valence-corrected chi connectivity index (χ2v) is 3.16. The van der Waals surface area contributed by atoms with Gasteiger partial charge in [0.1, 0.15) is 0 Å². The van der Waals surface area contributed by atoms with Gasteiger partial charge in [0.2, 0.25) is 0 Å². The van der Waals surface area contributed by atoms with Gasteiger partial charge in [-0.05, 0) is 6.92 Å². The van der Waals surface area contributed by atoms with Crippen LogP contribution in [0.25, 0.3) is 0 Å². The number of nitrogens with zero attached hydrogens (tertiary/aromatic N) is 3. The lowest BCUT2D eigenvalue weighted by atomic mass is 10.3. The molecule has 7 nitrogen and oxygen atoms in total. The molecule has 0 fully saturated rings. The number of hydrogen-bond acceptors (Lipinski definition) is 5. The van der Waals surface area contributed by atoms with E-state index in [9.17, 15) is 4.79 Å². The Bertz CT molecular complexity index is 350. The number of carbonyl (C=O) groups is 1. The fourth-order valence-electron chi connectivity index (χ4n) is 1.21. The first kappa shape index (κ1) is 11.6. The smallest absolute Gasteiger partial charge is 0.271 e. The number of methoxy groups -OCH3 is 1. The van der Waals surface area contributed by atoms with Gasteiger partial charge in [-0.3, -0.25) is 4.79 Å². The Morgan fingerprint density at radius 1 is 1.73 bits per heavy atom. The highest BCUT2D eigenvalue weighted by Crippen LogP contribution is 2.12. The van der Waals surface area contributed by atoms with Crippen LogP contribution in [0, 0.1) is 0 Å². The molecule has 1 amide bonds. The van der Waals surface area contributed by atoms with Gasteiger partial charge in [-0.25, -0.2) is 4.68 Å². The summed E-state index contributed by atoms with van der Waals surface area (Å²) in [4.78, 5) is 11.0. The van der Waals surface area contributed by atoms with Crippen LogP contribution >= 0.6 is 0 Å². The predicted octanol–water partition coefficient (Wildman–Crippen LogP) is -0.923. The molecule has 0 aromatic carbocycles. The van der Waals surface area contributed by atoms with Gasteiger partial charge < -0.3 is 15.6 Å². The summed E-state index contributed by atoms with van der Waals surface area (Å²) in [5.41, 5.74) is 5.69. The van der Waals surface area contributed by atoms with Gasteiger partial charge in [-0.1, -0.05) is 5.21 Å². The highest BCUT2D eigenvalue weighted by Gasteiger charge is 2.19. The Morgan fingerprint density at radius 2 is 2.40 bits per heavy atom. The predicted molar refractivity (Wildman–Crippen MR) is 51.0 cm³/mol. The Labute approximate surface area is 86.8 Å². The molecule has 3 N–H and O–H groups in total. The zero-order valence-electron chi connectivity index (χ0n) is 8.67. The second-order valence-electron chi connectivity index (χ2n) is 3.16. The van der Waals surface area contributed by atoms with Gasteiger partial charge in [-0.15, -0.1) is 5.10 Å². The number of aliphatic hydroxyl groups excluding tert-OH is 1. The fourth-order valence-corrected chi connectivity index (χ4v) is 1.21. The van der Waals surface area contributed by atoms with E-state index in [2.05, 4.69) is 10.3 Å². The average Bonchev–Trinajstić information content (AvgIpc) is 2.61. The van der Waals surface area contributed by atoms with Crippen molar-refractivity contribution < 1.29 is 14.6 Å². The van der Waals surface area contributed by atoms with E-state index in [1.54, 1.807) is 6.92 Å². The van der Waals surface area contributed by atoms with E-state index in [4.69, 9.17) is 15.6 Å².